The van der Waals surface area contributed by atoms with E-state index in [4.69, 9.17) is 32.7 Å². The summed E-state index contributed by atoms with van der Waals surface area (Å²) in [6, 6.07) is 19.3. The van der Waals surface area contributed by atoms with Crippen LogP contribution in [-0.4, -0.2) is 7.11 Å². The molecule has 0 amide bonds. The summed E-state index contributed by atoms with van der Waals surface area (Å²) in [4.78, 5) is 0. The van der Waals surface area contributed by atoms with Crippen LogP contribution in [0.2, 0.25) is 10.0 Å². The van der Waals surface area contributed by atoms with Gasteiger partial charge >= 0.3 is 0 Å². The number of ether oxygens (including phenoxy) is 2. The van der Waals surface area contributed by atoms with Crippen molar-refractivity contribution in [2.75, 3.05) is 12.4 Å². The SMILES string of the molecule is COc1cc(CNc2cccc(Cl)c2)cc(Cl)c1OCc1ccc(Br)cc1. The van der Waals surface area contributed by atoms with Gasteiger partial charge in [-0.15, -0.1) is 0 Å². The minimum Gasteiger partial charge on any atom is -0.493 e. The summed E-state index contributed by atoms with van der Waals surface area (Å²) in [5.74, 6) is 1.14. The van der Waals surface area contributed by atoms with Crippen molar-refractivity contribution in [3.63, 3.8) is 0 Å². The van der Waals surface area contributed by atoms with Gasteiger partial charge < -0.3 is 14.8 Å². The Bertz CT molecular complexity index is 917. The molecule has 0 heterocycles. The first-order valence-corrected chi connectivity index (χ1v) is 9.83. The molecular formula is C21H18BrCl2NO2. The number of nitrogens with one attached hydrogen (secondary N) is 1. The highest BCUT2D eigenvalue weighted by Crippen LogP contribution is 2.37. The fourth-order valence-electron chi connectivity index (χ4n) is 2.55. The van der Waals surface area contributed by atoms with Crippen LogP contribution < -0.4 is 14.8 Å². The normalized spacial score (nSPS) is 10.5. The predicted octanol–water partition coefficient (Wildman–Crippen LogP) is 6.96. The second kappa shape index (κ2) is 9.36. The van der Waals surface area contributed by atoms with E-state index >= 15 is 0 Å². The minimum atomic E-state index is 0.406. The zero-order chi connectivity index (χ0) is 19.2. The van der Waals surface area contributed by atoms with Crippen LogP contribution in [0.3, 0.4) is 0 Å². The smallest absolute Gasteiger partial charge is 0.180 e. The molecule has 0 bridgehead atoms. The maximum absolute atomic E-state index is 6.45. The van der Waals surface area contributed by atoms with E-state index in [0.29, 0.717) is 34.7 Å². The highest BCUT2D eigenvalue weighted by molar-refractivity contribution is 9.10. The molecule has 6 heteroatoms. The van der Waals surface area contributed by atoms with Crippen molar-refractivity contribution >= 4 is 44.8 Å². The third-order valence-corrected chi connectivity index (χ3v) is 4.95. The topological polar surface area (TPSA) is 30.5 Å². The molecule has 3 nitrogen and oxygen atoms in total. The van der Waals surface area contributed by atoms with Crippen molar-refractivity contribution in [3.05, 3.63) is 86.3 Å². The van der Waals surface area contributed by atoms with Crippen LogP contribution in [0.15, 0.2) is 65.1 Å². The Kier molecular flexibility index (Phi) is 6.89. The molecule has 140 valence electrons. The lowest BCUT2D eigenvalue weighted by molar-refractivity contribution is 0.284. The van der Waals surface area contributed by atoms with Gasteiger partial charge in [0.15, 0.2) is 11.5 Å². The van der Waals surface area contributed by atoms with Crippen LogP contribution in [0.5, 0.6) is 11.5 Å². The van der Waals surface area contributed by atoms with E-state index in [9.17, 15) is 0 Å². The summed E-state index contributed by atoms with van der Waals surface area (Å²) in [7, 11) is 1.60. The van der Waals surface area contributed by atoms with Gasteiger partial charge in [0.25, 0.3) is 0 Å². The van der Waals surface area contributed by atoms with E-state index in [1.807, 2.05) is 60.7 Å². The molecular weight excluding hydrogens is 449 g/mol. The maximum atomic E-state index is 6.45. The highest BCUT2D eigenvalue weighted by atomic mass is 79.9. The molecule has 0 aliphatic carbocycles. The molecule has 0 unspecified atom stereocenters. The van der Waals surface area contributed by atoms with Gasteiger partial charge in [0.05, 0.1) is 12.1 Å². The van der Waals surface area contributed by atoms with Gasteiger partial charge in [-0.25, -0.2) is 0 Å². The van der Waals surface area contributed by atoms with Gasteiger partial charge in [0.1, 0.15) is 6.61 Å². The first-order valence-electron chi connectivity index (χ1n) is 8.28. The first kappa shape index (κ1) is 19.9. The van der Waals surface area contributed by atoms with Crippen LogP contribution in [0, 0.1) is 0 Å². The molecule has 0 saturated heterocycles. The minimum absolute atomic E-state index is 0.406. The van der Waals surface area contributed by atoms with Crippen molar-refractivity contribution in [2.45, 2.75) is 13.2 Å². The quantitative estimate of drug-likeness (QED) is 0.408. The second-order valence-corrected chi connectivity index (χ2v) is 7.65. The predicted molar refractivity (Wildman–Crippen MR) is 115 cm³/mol. The standard InChI is InChI=1S/C21H18BrCl2NO2/c1-26-20-10-15(12-25-18-4-2-3-17(23)11-18)9-19(24)21(20)27-13-14-5-7-16(22)8-6-14/h2-11,25H,12-13H2,1H3. The monoisotopic (exact) mass is 465 g/mol. The molecule has 0 radical (unpaired) electrons. The fourth-order valence-corrected chi connectivity index (χ4v) is 3.30. The van der Waals surface area contributed by atoms with Gasteiger partial charge in [0.2, 0.25) is 0 Å². The van der Waals surface area contributed by atoms with Gasteiger partial charge in [-0.3, -0.25) is 0 Å². The van der Waals surface area contributed by atoms with E-state index in [0.717, 1.165) is 21.3 Å². The van der Waals surface area contributed by atoms with Crippen LogP contribution in [0.25, 0.3) is 0 Å². The highest BCUT2D eigenvalue weighted by Gasteiger charge is 2.12. The first-order chi connectivity index (χ1) is 13.0. The number of rotatable bonds is 7. The molecule has 0 aromatic heterocycles. The summed E-state index contributed by atoms with van der Waals surface area (Å²) in [6.45, 7) is 0.993. The molecule has 0 saturated carbocycles. The zero-order valence-corrected chi connectivity index (χ0v) is 17.7. The maximum Gasteiger partial charge on any atom is 0.180 e. The van der Waals surface area contributed by atoms with Crippen LogP contribution in [0.1, 0.15) is 11.1 Å². The third kappa shape index (κ3) is 5.55. The van der Waals surface area contributed by atoms with Gasteiger partial charge in [-0.05, 0) is 53.6 Å². The molecule has 3 aromatic carbocycles. The van der Waals surface area contributed by atoms with E-state index < -0.39 is 0 Å². The lowest BCUT2D eigenvalue weighted by Gasteiger charge is -2.15. The Morgan fingerprint density at radius 2 is 1.74 bits per heavy atom. The molecule has 0 spiro atoms. The Hall–Kier alpha value is -1.88. The molecule has 0 atom stereocenters. The largest absolute Gasteiger partial charge is 0.493 e. The number of benzene rings is 3. The zero-order valence-electron chi connectivity index (χ0n) is 14.6. The summed E-state index contributed by atoms with van der Waals surface area (Å²) in [6.07, 6.45) is 0. The summed E-state index contributed by atoms with van der Waals surface area (Å²) >= 11 is 15.9. The van der Waals surface area contributed by atoms with E-state index in [1.165, 1.54) is 0 Å². The fraction of sp³-hybridized carbons (Fsp3) is 0.143. The summed E-state index contributed by atoms with van der Waals surface area (Å²) < 4.78 is 12.4. The lowest BCUT2D eigenvalue weighted by atomic mass is 10.2. The van der Waals surface area contributed by atoms with Crippen molar-refractivity contribution in [1.82, 2.24) is 0 Å². The number of methoxy groups -OCH3 is 1. The molecule has 3 rings (SSSR count). The van der Waals surface area contributed by atoms with Crippen molar-refractivity contribution in [2.24, 2.45) is 0 Å². The molecule has 0 fully saturated rings. The lowest BCUT2D eigenvalue weighted by Crippen LogP contribution is -2.02. The van der Waals surface area contributed by atoms with Crippen molar-refractivity contribution in [1.29, 1.82) is 0 Å². The summed E-state index contributed by atoms with van der Waals surface area (Å²) in [5.41, 5.74) is 2.96. The third-order valence-electron chi connectivity index (χ3n) is 3.91. The number of hydrogen-bond acceptors (Lipinski definition) is 3. The van der Waals surface area contributed by atoms with E-state index in [-0.39, 0.29) is 0 Å². The molecule has 1 N–H and O–H groups in total. The average Bonchev–Trinajstić information content (AvgIpc) is 2.66. The Morgan fingerprint density at radius 1 is 0.963 bits per heavy atom. The van der Waals surface area contributed by atoms with Crippen molar-refractivity contribution in [3.8, 4) is 11.5 Å². The van der Waals surface area contributed by atoms with Crippen LogP contribution >= 0.6 is 39.1 Å². The number of halogens is 3. The van der Waals surface area contributed by atoms with Crippen LogP contribution in [0.4, 0.5) is 5.69 Å². The number of anilines is 1. The summed E-state index contributed by atoms with van der Waals surface area (Å²) in [5, 5.41) is 4.51. The van der Waals surface area contributed by atoms with E-state index in [2.05, 4.69) is 21.2 Å². The Balaban J connectivity index is 1.71. The molecule has 27 heavy (non-hydrogen) atoms. The average molecular weight is 467 g/mol. The second-order valence-electron chi connectivity index (χ2n) is 5.89. The number of hydrogen-bond donors (Lipinski definition) is 1. The Morgan fingerprint density at radius 3 is 2.44 bits per heavy atom. The molecule has 0 aliphatic heterocycles. The molecule has 3 aromatic rings. The van der Waals surface area contributed by atoms with Crippen molar-refractivity contribution < 1.29 is 9.47 Å². The van der Waals surface area contributed by atoms with Gasteiger partial charge in [0, 0.05) is 21.7 Å². The van der Waals surface area contributed by atoms with Gasteiger partial charge in [-0.1, -0.05) is 57.3 Å². The Labute approximate surface area is 177 Å². The van der Waals surface area contributed by atoms with E-state index in [1.54, 1.807) is 7.11 Å². The van der Waals surface area contributed by atoms with Gasteiger partial charge in [-0.2, -0.15) is 0 Å². The molecule has 0 aliphatic rings. The van der Waals surface area contributed by atoms with Crippen LogP contribution in [-0.2, 0) is 13.2 Å².